The molecule has 3 heterocycles. The van der Waals surface area contributed by atoms with Crippen LogP contribution in [0.2, 0.25) is 0 Å². The second kappa shape index (κ2) is 8.48. The number of aromatic nitrogens is 1. The van der Waals surface area contributed by atoms with E-state index >= 15 is 0 Å². The lowest BCUT2D eigenvalue weighted by molar-refractivity contribution is 0.0296. The zero-order valence-corrected chi connectivity index (χ0v) is 16.2. The largest absolute Gasteiger partial charge is 0.452 e. The van der Waals surface area contributed by atoms with E-state index in [1.54, 1.807) is 0 Å². The highest BCUT2D eigenvalue weighted by atomic mass is 16.6. The monoisotopic (exact) mass is 381 g/mol. The van der Waals surface area contributed by atoms with Gasteiger partial charge >= 0.3 is 0 Å². The summed E-state index contributed by atoms with van der Waals surface area (Å²) in [5.74, 6) is 2.17. The molecule has 1 atom stereocenters. The van der Waals surface area contributed by atoms with Gasteiger partial charge in [-0.15, -0.1) is 5.10 Å². The third-order valence-corrected chi connectivity index (χ3v) is 5.22. The summed E-state index contributed by atoms with van der Waals surface area (Å²) in [5.41, 5.74) is 12.0. The first-order chi connectivity index (χ1) is 13.7. The number of pyridine rings is 1. The van der Waals surface area contributed by atoms with Crippen LogP contribution in [0.1, 0.15) is 24.0 Å². The van der Waals surface area contributed by atoms with Crippen molar-refractivity contribution >= 4 is 17.4 Å². The predicted molar refractivity (Wildman–Crippen MR) is 110 cm³/mol. The third-order valence-electron chi connectivity index (χ3n) is 5.22. The average Bonchev–Trinajstić information content (AvgIpc) is 3.20. The van der Waals surface area contributed by atoms with Gasteiger partial charge in [-0.3, -0.25) is 5.43 Å². The summed E-state index contributed by atoms with van der Waals surface area (Å²) in [6, 6.07) is 12.0. The molecule has 3 N–H and O–H groups in total. The molecule has 0 radical (unpaired) electrons. The number of piperidine rings is 1. The Morgan fingerprint density at radius 3 is 2.89 bits per heavy atom. The summed E-state index contributed by atoms with van der Waals surface area (Å²) < 4.78 is 11.8. The molecule has 0 spiro atoms. The molecule has 0 bridgehead atoms. The van der Waals surface area contributed by atoms with E-state index in [1.807, 2.05) is 37.4 Å². The number of hydrogen-bond acceptors (Lipinski definition) is 7. The van der Waals surface area contributed by atoms with Crippen molar-refractivity contribution in [3.8, 4) is 0 Å². The topological polar surface area (TPSA) is 85.0 Å². The summed E-state index contributed by atoms with van der Waals surface area (Å²) >= 11 is 0. The van der Waals surface area contributed by atoms with Crippen molar-refractivity contribution in [1.82, 2.24) is 10.4 Å². The fourth-order valence-electron chi connectivity index (χ4n) is 3.62. The maximum atomic E-state index is 6.00. The lowest BCUT2D eigenvalue weighted by atomic mass is 9.96. The van der Waals surface area contributed by atoms with Crippen LogP contribution < -0.4 is 16.1 Å². The Balaban J connectivity index is 1.21. The van der Waals surface area contributed by atoms with E-state index in [1.165, 1.54) is 5.56 Å². The molecule has 7 nitrogen and oxygen atoms in total. The van der Waals surface area contributed by atoms with Gasteiger partial charge in [0.25, 0.3) is 0 Å². The summed E-state index contributed by atoms with van der Waals surface area (Å²) in [6.07, 6.45) is 3.61. The molecule has 0 amide bonds. The summed E-state index contributed by atoms with van der Waals surface area (Å²) in [7, 11) is 0. The zero-order valence-electron chi connectivity index (χ0n) is 16.2. The molecule has 148 valence electrons. The first kappa shape index (κ1) is 18.6. The standard InChI is InChI=1S/C21H27N5O2/c1-15-5-6-18(22)17(12-15)13-27-14-20-24-25-21(28-20)16-7-10-26(11-8-16)19-4-2-3-9-23-19/h2-6,9,12,16,20,24H,7-8,10-11,13-14,22H2,1H3. The van der Waals surface area contributed by atoms with Crippen molar-refractivity contribution in [3.63, 3.8) is 0 Å². The molecular formula is C21H27N5O2. The first-order valence-corrected chi connectivity index (χ1v) is 9.77. The van der Waals surface area contributed by atoms with E-state index in [-0.39, 0.29) is 6.23 Å². The number of nitrogen functional groups attached to an aromatic ring is 1. The Hall–Kier alpha value is -2.80. The van der Waals surface area contributed by atoms with Crippen molar-refractivity contribution in [2.24, 2.45) is 11.0 Å². The predicted octanol–water partition coefficient (Wildman–Crippen LogP) is 2.66. The minimum atomic E-state index is -0.241. The Kier molecular flexibility index (Phi) is 5.62. The second-order valence-electron chi connectivity index (χ2n) is 7.35. The van der Waals surface area contributed by atoms with E-state index in [2.05, 4.69) is 32.5 Å². The lowest BCUT2D eigenvalue weighted by Crippen LogP contribution is -2.37. The molecule has 2 aliphatic rings. The molecule has 1 fully saturated rings. The van der Waals surface area contributed by atoms with Gasteiger partial charge < -0.3 is 20.1 Å². The number of nitrogens with one attached hydrogen (secondary N) is 1. The number of anilines is 2. The Labute approximate surface area is 165 Å². The fraction of sp³-hybridized carbons (Fsp3) is 0.429. The van der Waals surface area contributed by atoms with Crippen LogP contribution in [0.5, 0.6) is 0 Å². The molecule has 0 saturated carbocycles. The highest BCUT2D eigenvalue weighted by Crippen LogP contribution is 2.24. The number of ether oxygens (including phenoxy) is 2. The van der Waals surface area contributed by atoms with Gasteiger partial charge in [0.15, 0.2) is 0 Å². The number of aryl methyl sites for hydroxylation is 1. The normalized spacial score (nSPS) is 19.8. The molecule has 1 unspecified atom stereocenters. The quantitative estimate of drug-likeness (QED) is 0.749. The van der Waals surface area contributed by atoms with Crippen molar-refractivity contribution in [1.29, 1.82) is 0 Å². The van der Waals surface area contributed by atoms with Crippen molar-refractivity contribution in [2.75, 3.05) is 30.3 Å². The van der Waals surface area contributed by atoms with Crippen molar-refractivity contribution in [3.05, 3.63) is 53.7 Å². The van der Waals surface area contributed by atoms with E-state index in [0.717, 1.165) is 48.9 Å². The maximum absolute atomic E-state index is 6.00. The molecule has 1 saturated heterocycles. The summed E-state index contributed by atoms with van der Waals surface area (Å²) in [6.45, 7) is 4.85. The van der Waals surface area contributed by atoms with E-state index in [0.29, 0.717) is 19.1 Å². The molecule has 1 aromatic carbocycles. The molecule has 7 heteroatoms. The average molecular weight is 381 g/mol. The third kappa shape index (κ3) is 4.36. The maximum Gasteiger partial charge on any atom is 0.211 e. The van der Waals surface area contributed by atoms with E-state index in [4.69, 9.17) is 15.2 Å². The van der Waals surface area contributed by atoms with Gasteiger partial charge in [-0.1, -0.05) is 23.8 Å². The number of hydrogen-bond donors (Lipinski definition) is 2. The Morgan fingerprint density at radius 1 is 1.25 bits per heavy atom. The first-order valence-electron chi connectivity index (χ1n) is 9.77. The molecular weight excluding hydrogens is 354 g/mol. The summed E-state index contributed by atoms with van der Waals surface area (Å²) in [4.78, 5) is 6.75. The van der Waals surface area contributed by atoms with Crippen LogP contribution in [0.3, 0.4) is 0 Å². The van der Waals surface area contributed by atoms with E-state index < -0.39 is 0 Å². The van der Waals surface area contributed by atoms with Crippen LogP contribution in [0, 0.1) is 12.8 Å². The highest BCUT2D eigenvalue weighted by Gasteiger charge is 2.30. The number of benzene rings is 1. The molecule has 1 aromatic heterocycles. The number of hydrazone groups is 1. The van der Waals surface area contributed by atoms with Crippen LogP contribution in [0.4, 0.5) is 11.5 Å². The molecule has 0 aliphatic carbocycles. The highest BCUT2D eigenvalue weighted by molar-refractivity contribution is 5.80. The molecule has 4 rings (SSSR count). The van der Waals surface area contributed by atoms with Crippen LogP contribution in [-0.2, 0) is 16.1 Å². The van der Waals surface area contributed by atoms with Crippen LogP contribution >= 0.6 is 0 Å². The minimum absolute atomic E-state index is 0.241. The minimum Gasteiger partial charge on any atom is -0.452 e. The van der Waals surface area contributed by atoms with Crippen molar-refractivity contribution < 1.29 is 9.47 Å². The van der Waals surface area contributed by atoms with Gasteiger partial charge in [0.2, 0.25) is 12.1 Å². The van der Waals surface area contributed by atoms with Crippen LogP contribution in [0.15, 0.2) is 47.7 Å². The Bertz CT molecular complexity index is 819. The number of nitrogens with zero attached hydrogens (tertiary/aromatic N) is 3. The van der Waals surface area contributed by atoms with E-state index in [9.17, 15) is 0 Å². The van der Waals surface area contributed by atoms with Crippen molar-refractivity contribution in [2.45, 2.75) is 32.6 Å². The lowest BCUT2D eigenvalue weighted by Gasteiger charge is -2.32. The van der Waals surface area contributed by atoms with Gasteiger partial charge in [-0.25, -0.2) is 4.98 Å². The number of nitrogens with two attached hydrogens (primary N) is 1. The second-order valence-corrected chi connectivity index (χ2v) is 7.35. The SMILES string of the molecule is Cc1ccc(N)c(COCC2NN=C(C3CCN(c4ccccn4)CC3)O2)c1. The van der Waals surface area contributed by atoms with Crippen LogP contribution in [-0.4, -0.2) is 36.8 Å². The molecule has 2 aliphatic heterocycles. The smallest absolute Gasteiger partial charge is 0.211 e. The van der Waals surface area contributed by atoms with Gasteiger partial charge in [0.1, 0.15) is 12.4 Å². The number of rotatable bonds is 6. The molecule has 2 aromatic rings. The summed E-state index contributed by atoms with van der Waals surface area (Å²) in [5, 5.41) is 4.40. The fourth-order valence-corrected chi connectivity index (χ4v) is 3.62. The van der Waals surface area contributed by atoms with Gasteiger partial charge in [0.05, 0.1) is 6.61 Å². The molecule has 28 heavy (non-hydrogen) atoms. The van der Waals surface area contributed by atoms with Gasteiger partial charge in [0, 0.05) is 36.5 Å². The van der Waals surface area contributed by atoms with Gasteiger partial charge in [-0.2, -0.15) is 0 Å². The van der Waals surface area contributed by atoms with Crippen LogP contribution in [0.25, 0.3) is 0 Å². The Morgan fingerprint density at radius 2 is 2.11 bits per heavy atom. The van der Waals surface area contributed by atoms with Gasteiger partial charge in [-0.05, 0) is 38.0 Å². The zero-order chi connectivity index (χ0) is 19.3.